The van der Waals surface area contributed by atoms with Crippen LogP contribution in [0.25, 0.3) is 0 Å². The van der Waals surface area contributed by atoms with E-state index in [9.17, 15) is 25.5 Å². The lowest BCUT2D eigenvalue weighted by molar-refractivity contribution is -0.0552. The zero-order valence-corrected chi connectivity index (χ0v) is 26.5. The monoisotopic (exact) mass is 644 g/mol. The van der Waals surface area contributed by atoms with Crippen molar-refractivity contribution in [3.63, 3.8) is 0 Å². The van der Waals surface area contributed by atoms with Crippen LogP contribution in [-0.2, 0) is 0 Å². The molecule has 6 heteroatoms. The Labute approximate surface area is 244 Å². The fraction of sp³-hybridized carbons (Fsp3) is 0.812. The van der Waals surface area contributed by atoms with Gasteiger partial charge in [-0.15, -0.1) is 0 Å². The van der Waals surface area contributed by atoms with Gasteiger partial charge in [0.1, 0.15) is 0 Å². The van der Waals surface area contributed by atoms with E-state index in [2.05, 4.69) is 48.2 Å². The molecule has 0 saturated heterocycles. The van der Waals surface area contributed by atoms with Crippen molar-refractivity contribution >= 4 is 22.6 Å². The second-order valence-corrected chi connectivity index (χ2v) is 15.9. The predicted octanol–water partition coefficient (Wildman–Crippen LogP) is 6.15. The van der Waals surface area contributed by atoms with Crippen LogP contribution in [-0.4, -0.2) is 58.5 Å². The summed E-state index contributed by atoms with van der Waals surface area (Å²) in [7, 11) is 0. The number of hydrogen-bond donors (Lipinski definition) is 5. The maximum Gasteiger partial charge on any atom is 0.0849 e. The predicted molar refractivity (Wildman–Crippen MR) is 163 cm³/mol. The molecule has 3 aliphatic carbocycles. The molecule has 0 bridgehead atoms. The third kappa shape index (κ3) is 7.33. The molecule has 0 radical (unpaired) electrons. The molecule has 0 aliphatic heterocycles. The van der Waals surface area contributed by atoms with Gasteiger partial charge in [0.25, 0.3) is 0 Å². The Bertz CT molecular complexity index is 897. The van der Waals surface area contributed by atoms with Crippen molar-refractivity contribution in [2.45, 2.75) is 145 Å². The molecule has 0 aromatic rings. The van der Waals surface area contributed by atoms with E-state index in [4.69, 9.17) is 0 Å². The summed E-state index contributed by atoms with van der Waals surface area (Å²) in [5.74, 6) is 0.867. The average molecular weight is 645 g/mol. The number of aliphatic hydroxyl groups is 5. The summed E-state index contributed by atoms with van der Waals surface area (Å²) in [5.41, 5.74) is 1.49. The Morgan fingerprint density at radius 2 is 1.76 bits per heavy atom. The molecule has 0 spiro atoms. The lowest BCUT2D eigenvalue weighted by Crippen LogP contribution is -2.48. The van der Waals surface area contributed by atoms with Crippen molar-refractivity contribution in [3.05, 3.63) is 35.5 Å². The molecule has 3 aliphatic rings. The lowest BCUT2D eigenvalue weighted by atomic mass is 9.59. The number of hydrogen-bond acceptors (Lipinski definition) is 5. The lowest BCUT2D eigenvalue weighted by Gasteiger charge is -2.51. The van der Waals surface area contributed by atoms with Gasteiger partial charge >= 0.3 is 0 Å². The summed E-state index contributed by atoms with van der Waals surface area (Å²) in [5, 5.41) is 51.8. The number of alkyl halides is 1. The van der Waals surface area contributed by atoms with Gasteiger partial charge in [-0.25, -0.2) is 0 Å². The molecule has 38 heavy (non-hydrogen) atoms. The first kappa shape index (κ1) is 32.3. The molecule has 0 amide bonds. The summed E-state index contributed by atoms with van der Waals surface area (Å²) in [6, 6.07) is 0. The molecule has 3 saturated carbocycles. The second-order valence-electron chi connectivity index (χ2n) is 13.9. The van der Waals surface area contributed by atoms with Crippen LogP contribution in [0.15, 0.2) is 35.5 Å². The summed E-state index contributed by atoms with van der Waals surface area (Å²) in [6.45, 7) is 13.7. The first-order valence-electron chi connectivity index (χ1n) is 14.7. The largest absolute Gasteiger partial charge is 0.393 e. The Balaban J connectivity index is 1.85. The molecular formula is C32H53IO5. The Hall–Kier alpha value is -0.250. The number of halogens is 1. The van der Waals surface area contributed by atoms with Crippen molar-refractivity contribution in [3.8, 4) is 0 Å². The third-order valence-corrected chi connectivity index (χ3v) is 12.6. The van der Waals surface area contributed by atoms with Gasteiger partial charge < -0.3 is 25.5 Å². The maximum absolute atomic E-state index is 10.7. The molecule has 5 N–H and O–H groups in total. The minimum absolute atomic E-state index is 0.0713. The number of rotatable bonds is 10. The smallest absolute Gasteiger partial charge is 0.0849 e. The van der Waals surface area contributed by atoms with E-state index in [-0.39, 0.29) is 8.84 Å². The SMILES string of the molecule is C=C1/C(=C\C=C2/CCC[C@@]3(C)[C@H]2CC[C@]3(I)[C@@H](CCCC(C)(C)O)CC[C@@H](O)C(C)(C)O)C[C@@H](O)C[C@@H]1O. The second kappa shape index (κ2) is 12.3. The first-order chi connectivity index (χ1) is 17.5. The van der Waals surface area contributed by atoms with Crippen molar-refractivity contribution in [2.75, 3.05) is 0 Å². The van der Waals surface area contributed by atoms with Gasteiger partial charge in [0, 0.05) is 9.84 Å². The summed E-state index contributed by atoms with van der Waals surface area (Å²) in [4.78, 5) is 0. The molecule has 0 aromatic heterocycles. The maximum atomic E-state index is 10.7. The van der Waals surface area contributed by atoms with Crippen LogP contribution in [0.1, 0.15) is 112 Å². The van der Waals surface area contributed by atoms with Gasteiger partial charge in [0.15, 0.2) is 0 Å². The topological polar surface area (TPSA) is 101 Å². The van der Waals surface area contributed by atoms with Crippen molar-refractivity contribution < 1.29 is 25.5 Å². The minimum atomic E-state index is -1.11. The first-order valence-corrected chi connectivity index (χ1v) is 15.8. The van der Waals surface area contributed by atoms with E-state index in [1.54, 1.807) is 13.8 Å². The van der Waals surface area contributed by atoms with E-state index in [0.29, 0.717) is 31.1 Å². The van der Waals surface area contributed by atoms with Crippen LogP contribution in [0.4, 0.5) is 0 Å². The molecule has 0 unspecified atom stereocenters. The zero-order valence-electron chi connectivity index (χ0n) is 24.3. The molecule has 218 valence electrons. The molecule has 3 rings (SSSR count). The fourth-order valence-corrected chi connectivity index (χ4v) is 9.07. The fourth-order valence-electron chi connectivity index (χ4n) is 7.49. The van der Waals surface area contributed by atoms with E-state index < -0.39 is 29.5 Å². The van der Waals surface area contributed by atoms with Gasteiger partial charge in [-0.3, -0.25) is 0 Å². The van der Waals surface area contributed by atoms with Crippen molar-refractivity contribution in [1.82, 2.24) is 0 Å². The summed E-state index contributed by atoms with van der Waals surface area (Å²) < 4.78 is 0.0713. The highest BCUT2D eigenvalue weighted by molar-refractivity contribution is 14.1. The van der Waals surface area contributed by atoms with Crippen LogP contribution < -0.4 is 0 Å². The minimum Gasteiger partial charge on any atom is -0.393 e. The average Bonchev–Trinajstić information content (AvgIpc) is 3.07. The summed E-state index contributed by atoms with van der Waals surface area (Å²) in [6.07, 6.45) is 13.1. The van der Waals surface area contributed by atoms with Crippen LogP contribution in [0.5, 0.6) is 0 Å². The Morgan fingerprint density at radius 1 is 1.08 bits per heavy atom. The highest BCUT2D eigenvalue weighted by Gasteiger charge is 2.60. The van der Waals surface area contributed by atoms with Crippen LogP contribution in [0, 0.1) is 17.3 Å². The zero-order chi connectivity index (χ0) is 28.5. The number of aliphatic hydroxyl groups excluding tert-OH is 3. The standard InChI is InChI=1S/C32H53IO5/c1-21-23(19-25(34)20-27(21)35)12-11-22-9-7-17-31(6)26(22)15-18-32(31,33)24(10-8-16-29(2,3)37)13-14-28(36)30(4,5)38/h11-12,24-28,34-38H,1,7-10,13-20H2,2-6H3/b22-11+,23-12-/t24-,25+,26-,27-,28+,31-,32-/m0/s1. The highest BCUT2D eigenvalue weighted by atomic mass is 127. The molecule has 3 fully saturated rings. The molecule has 0 aromatic carbocycles. The van der Waals surface area contributed by atoms with Gasteiger partial charge in [-0.1, -0.05) is 60.2 Å². The van der Waals surface area contributed by atoms with E-state index >= 15 is 0 Å². The van der Waals surface area contributed by atoms with E-state index in [1.807, 2.05) is 13.8 Å². The Kier molecular flexibility index (Phi) is 10.5. The highest BCUT2D eigenvalue weighted by Crippen LogP contribution is 2.66. The van der Waals surface area contributed by atoms with Gasteiger partial charge in [0.05, 0.1) is 29.5 Å². The van der Waals surface area contributed by atoms with Crippen molar-refractivity contribution in [2.24, 2.45) is 17.3 Å². The van der Waals surface area contributed by atoms with Gasteiger partial charge in [-0.2, -0.15) is 0 Å². The van der Waals surface area contributed by atoms with E-state index in [0.717, 1.165) is 62.5 Å². The molecular weight excluding hydrogens is 591 g/mol. The van der Waals surface area contributed by atoms with Gasteiger partial charge in [-0.05, 0) is 120 Å². The number of fused-ring (bicyclic) bond motifs is 1. The van der Waals surface area contributed by atoms with Gasteiger partial charge in [0.2, 0.25) is 0 Å². The molecule has 0 heterocycles. The molecule has 7 atom stereocenters. The van der Waals surface area contributed by atoms with Crippen LogP contribution in [0.2, 0.25) is 0 Å². The van der Waals surface area contributed by atoms with E-state index in [1.165, 1.54) is 12.0 Å². The number of allylic oxidation sites excluding steroid dienone is 3. The molecule has 5 nitrogen and oxygen atoms in total. The van der Waals surface area contributed by atoms with Crippen LogP contribution >= 0.6 is 22.6 Å². The normalized spacial score (nSPS) is 36.5. The third-order valence-electron chi connectivity index (χ3n) is 9.98. The summed E-state index contributed by atoms with van der Waals surface area (Å²) >= 11 is 2.77. The van der Waals surface area contributed by atoms with Crippen LogP contribution in [0.3, 0.4) is 0 Å². The van der Waals surface area contributed by atoms with Crippen molar-refractivity contribution in [1.29, 1.82) is 0 Å². The quantitative estimate of drug-likeness (QED) is 0.145. The Morgan fingerprint density at radius 3 is 2.39 bits per heavy atom.